The normalized spacial score (nSPS) is 11.0. The maximum absolute atomic E-state index is 13.4. The van der Waals surface area contributed by atoms with E-state index < -0.39 is 0 Å². The van der Waals surface area contributed by atoms with Crippen molar-refractivity contribution in [3.8, 4) is 0 Å². The largest absolute Gasteiger partial charge is 0.389 e. The first-order valence-electron chi connectivity index (χ1n) is 6.37. The summed E-state index contributed by atoms with van der Waals surface area (Å²) in [5, 5.41) is 1.62. The molecule has 0 aliphatic heterocycles. The Kier molecular flexibility index (Phi) is 3.66. The van der Waals surface area contributed by atoms with Crippen LogP contribution in [0.2, 0.25) is 5.02 Å². The Balaban J connectivity index is 2.06. The lowest BCUT2D eigenvalue weighted by atomic mass is 10.1. The van der Waals surface area contributed by atoms with E-state index in [0.29, 0.717) is 16.6 Å². The highest BCUT2D eigenvalue weighted by Crippen LogP contribution is 2.23. The predicted octanol–water partition coefficient (Wildman–Crippen LogP) is 4.12. The van der Waals surface area contributed by atoms with Gasteiger partial charge in [0, 0.05) is 28.8 Å². The van der Waals surface area contributed by atoms with E-state index in [4.69, 9.17) is 29.6 Å². The molecule has 0 saturated carbocycles. The highest BCUT2D eigenvalue weighted by molar-refractivity contribution is 7.80. The molecular weight excluding hydrogens is 307 g/mol. The van der Waals surface area contributed by atoms with E-state index in [1.807, 2.05) is 35.0 Å². The number of benzene rings is 2. The van der Waals surface area contributed by atoms with Gasteiger partial charge < -0.3 is 10.3 Å². The van der Waals surface area contributed by atoms with Crippen molar-refractivity contribution in [1.29, 1.82) is 0 Å². The van der Waals surface area contributed by atoms with Gasteiger partial charge in [-0.1, -0.05) is 36.0 Å². The molecule has 0 amide bonds. The zero-order valence-corrected chi connectivity index (χ0v) is 12.6. The molecule has 0 bridgehead atoms. The third-order valence-electron chi connectivity index (χ3n) is 3.41. The number of thiocarbonyl (C=S) groups is 1. The molecule has 0 spiro atoms. The fraction of sp³-hybridized carbons (Fsp3) is 0.0625. The standard InChI is InChI=1S/C16H12ClFN2S/c17-14-4-3-13(18)7-12(14)9-20-6-5-10-1-2-11(16(19)21)8-15(10)20/h1-8H,9H2,(H2,19,21). The van der Waals surface area contributed by atoms with Gasteiger partial charge in [0.15, 0.2) is 0 Å². The van der Waals surface area contributed by atoms with Crippen LogP contribution in [0.15, 0.2) is 48.7 Å². The SMILES string of the molecule is NC(=S)c1ccc2ccn(Cc3cc(F)ccc3Cl)c2c1. The quantitative estimate of drug-likeness (QED) is 0.737. The minimum absolute atomic E-state index is 0.297. The van der Waals surface area contributed by atoms with Gasteiger partial charge in [-0.05, 0) is 41.3 Å². The Hall–Kier alpha value is -1.91. The molecule has 2 aromatic carbocycles. The number of rotatable bonds is 3. The Morgan fingerprint density at radius 3 is 2.76 bits per heavy atom. The number of nitrogens with two attached hydrogens (primary N) is 1. The molecule has 3 aromatic rings. The Morgan fingerprint density at radius 2 is 2.00 bits per heavy atom. The molecule has 21 heavy (non-hydrogen) atoms. The van der Waals surface area contributed by atoms with E-state index in [9.17, 15) is 4.39 Å². The van der Waals surface area contributed by atoms with Crippen LogP contribution in [-0.2, 0) is 6.54 Å². The van der Waals surface area contributed by atoms with Gasteiger partial charge in [0.1, 0.15) is 10.8 Å². The molecule has 2 nitrogen and oxygen atoms in total. The third kappa shape index (κ3) is 2.77. The van der Waals surface area contributed by atoms with Crippen molar-refractivity contribution in [2.75, 3.05) is 0 Å². The van der Waals surface area contributed by atoms with E-state index >= 15 is 0 Å². The van der Waals surface area contributed by atoms with E-state index in [1.165, 1.54) is 12.1 Å². The molecule has 2 N–H and O–H groups in total. The highest BCUT2D eigenvalue weighted by atomic mass is 35.5. The summed E-state index contributed by atoms with van der Waals surface area (Å²) >= 11 is 11.1. The minimum Gasteiger partial charge on any atom is -0.389 e. The first-order chi connectivity index (χ1) is 10.0. The molecule has 0 fully saturated rings. The van der Waals surface area contributed by atoms with Crippen molar-refractivity contribution >= 4 is 39.7 Å². The first kappa shape index (κ1) is 14.0. The lowest BCUT2D eigenvalue weighted by Gasteiger charge is -2.09. The predicted molar refractivity (Wildman–Crippen MR) is 88.3 cm³/mol. The Labute approximate surface area is 131 Å². The summed E-state index contributed by atoms with van der Waals surface area (Å²) in [5.41, 5.74) is 8.20. The smallest absolute Gasteiger partial charge is 0.123 e. The molecule has 0 saturated heterocycles. The van der Waals surface area contributed by atoms with Crippen LogP contribution >= 0.6 is 23.8 Å². The summed E-state index contributed by atoms with van der Waals surface area (Å²) in [6.07, 6.45) is 1.94. The number of aromatic nitrogens is 1. The van der Waals surface area contributed by atoms with Crippen molar-refractivity contribution in [2.45, 2.75) is 6.54 Å². The Bertz CT molecular complexity index is 841. The summed E-state index contributed by atoms with van der Waals surface area (Å²) in [4.78, 5) is 0.355. The van der Waals surface area contributed by atoms with Crippen molar-refractivity contribution < 1.29 is 4.39 Å². The van der Waals surface area contributed by atoms with Crippen LogP contribution in [0.3, 0.4) is 0 Å². The van der Waals surface area contributed by atoms with Crippen LogP contribution in [0.5, 0.6) is 0 Å². The maximum atomic E-state index is 13.4. The molecule has 0 aliphatic rings. The van der Waals surface area contributed by atoms with Crippen molar-refractivity contribution in [3.05, 3.63) is 70.6 Å². The number of hydrogen-bond donors (Lipinski definition) is 1. The fourth-order valence-corrected chi connectivity index (χ4v) is 2.63. The highest BCUT2D eigenvalue weighted by Gasteiger charge is 2.07. The van der Waals surface area contributed by atoms with Crippen LogP contribution in [0, 0.1) is 5.82 Å². The van der Waals surface area contributed by atoms with Crippen LogP contribution in [0.4, 0.5) is 4.39 Å². The molecule has 106 valence electrons. The van der Waals surface area contributed by atoms with Gasteiger partial charge in [-0.25, -0.2) is 4.39 Å². The maximum Gasteiger partial charge on any atom is 0.123 e. The lowest BCUT2D eigenvalue weighted by Crippen LogP contribution is -2.09. The summed E-state index contributed by atoms with van der Waals surface area (Å²) in [7, 11) is 0. The molecule has 0 atom stereocenters. The zero-order chi connectivity index (χ0) is 15.0. The molecular formula is C16H12ClFN2S. The number of nitrogens with zero attached hydrogens (tertiary/aromatic N) is 1. The minimum atomic E-state index is -0.297. The second kappa shape index (κ2) is 5.47. The van der Waals surface area contributed by atoms with Crippen LogP contribution < -0.4 is 5.73 Å². The van der Waals surface area contributed by atoms with Crippen molar-refractivity contribution in [3.63, 3.8) is 0 Å². The van der Waals surface area contributed by atoms with Crippen LogP contribution in [0.25, 0.3) is 10.9 Å². The van der Waals surface area contributed by atoms with Gasteiger partial charge in [-0.3, -0.25) is 0 Å². The van der Waals surface area contributed by atoms with Gasteiger partial charge in [-0.2, -0.15) is 0 Å². The molecule has 0 radical (unpaired) electrons. The molecule has 1 aromatic heterocycles. The van der Waals surface area contributed by atoms with Gasteiger partial charge >= 0.3 is 0 Å². The van der Waals surface area contributed by atoms with E-state index in [-0.39, 0.29) is 5.82 Å². The zero-order valence-electron chi connectivity index (χ0n) is 11.0. The lowest BCUT2D eigenvalue weighted by molar-refractivity contribution is 0.624. The number of hydrogen-bond acceptors (Lipinski definition) is 1. The second-order valence-electron chi connectivity index (χ2n) is 4.82. The van der Waals surface area contributed by atoms with Crippen molar-refractivity contribution in [2.24, 2.45) is 5.73 Å². The van der Waals surface area contributed by atoms with Gasteiger partial charge in [-0.15, -0.1) is 0 Å². The monoisotopic (exact) mass is 318 g/mol. The summed E-state index contributed by atoms with van der Waals surface area (Å²) < 4.78 is 15.4. The number of fused-ring (bicyclic) bond motifs is 1. The van der Waals surface area contributed by atoms with E-state index in [2.05, 4.69) is 0 Å². The van der Waals surface area contributed by atoms with Crippen molar-refractivity contribution in [1.82, 2.24) is 4.57 Å². The fourth-order valence-electron chi connectivity index (χ4n) is 2.32. The number of halogens is 2. The third-order valence-corrected chi connectivity index (χ3v) is 4.01. The van der Waals surface area contributed by atoms with Gasteiger partial charge in [0.25, 0.3) is 0 Å². The molecule has 0 aliphatic carbocycles. The molecule has 1 heterocycles. The first-order valence-corrected chi connectivity index (χ1v) is 7.16. The van der Waals surface area contributed by atoms with Crippen LogP contribution in [0.1, 0.15) is 11.1 Å². The van der Waals surface area contributed by atoms with Gasteiger partial charge in [0.2, 0.25) is 0 Å². The second-order valence-corrected chi connectivity index (χ2v) is 5.66. The topological polar surface area (TPSA) is 30.9 Å². The Morgan fingerprint density at radius 1 is 1.19 bits per heavy atom. The molecule has 0 unspecified atom stereocenters. The summed E-state index contributed by atoms with van der Waals surface area (Å²) in [5.74, 6) is -0.297. The average Bonchev–Trinajstić information content (AvgIpc) is 2.85. The molecule has 5 heteroatoms. The van der Waals surface area contributed by atoms with Crippen LogP contribution in [-0.4, -0.2) is 9.56 Å². The van der Waals surface area contributed by atoms with E-state index in [1.54, 1.807) is 6.07 Å². The summed E-state index contributed by atoms with van der Waals surface area (Å²) in [6.45, 7) is 0.487. The molecule has 3 rings (SSSR count). The van der Waals surface area contributed by atoms with E-state index in [0.717, 1.165) is 22.0 Å². The average molecular weight is 319 g/mol. The van der Waals surface area contributed by atoms with Gasteiger partial charge in [0.05, 0.1) is 0 Å². The summed E-state index contributed by atoms with van der Waals surface area (Å²) in [6, 6.07) is 12.2.